The lowest BCUT2D eigenvalue weighted by Gasteiger charge is -2.35. The number of fused-ring (bicyclic) bond motifs is 3. The summed E-state index contributed by atoms with van der Waals surface area (Å²) in [5, 5.41) is 4.25. The van der Waals surface area contributed by atoms with Crippen LogP contribution in [0, 0.1) is 0 Å². The van der Waals surface area contributed by atoms with Gasteiger partial charge in [-0.1, -0.05) is 6.07 Å². The minimum atomic E-state index is -0.136. The average Bonchev–Trinajstić information content (AvgIpc) is 3.28. The average molecular weight is 388 g/mol. The van der Waals surface area contributed by atoms with Crippen molar-refractivity contribution in [3.8, 4) is 0 Å². The van der Waals surface area contributed by atoms with Crippen molar-refractivity contribution >= 4 is 28.3 Å². The first-order valence-corrected chi connectivity index (χ1v) is 9.55. The molecule has 0 aliphatic carbocycles. The lowest BCUT2D eigenvalue weighted by atomic mass is 10.1. The van der Waals surface area contributed by atoms with Crippen LogP contribution in [0.15, 0.2) is 59.7 Å². The minimum absolute atomic E-state index is 0.0272. The van der Waals surface area contributed by atoms with Crippen LogP contribution >= 0.6 is 0 Å². The third-order valence-corrected chi connectivity index (χ3v) is 5.52. The zero-order valence-electron chi connectivity index (χ0n) is 16.0. The molecule has 4 aromatic rings. The summed E-state index contributed by atoms with van der Waals surface area (Å²) >= 11 is 0. The lowest BCUT2D eigenvalue weighted by Crippen LogP contribution is -2.49. The van der Waals surface area contributed by atoms with Gasteiger partial charge in [0.15, 0.2) is 0 Å². The van der Waals surface area contributed by atoms with E-state index in [2.05, 4.69) is 15.0 Å². The van der Waals surface area contributed by atoms with Crippen molar-refractivity contribution in [2.24, 2.45) is 7.05 Å². The Morgan fingerprint density at radius 3 is 2.52 bits per heavy atom. The van der Waals surface area contributed by atoms with Gasteiger partial charge in [-0.2, -0.15) is 5.10 Å². The Labute approximate surface area is 166 Å². The van der Waals surface area contributed by atoms with E-state index in [0.717, 1.165) is 24.4 Å². The van der Waals surface area contributed by atoms with Crippen molar-refractivity contribution in [3.05, 3.63) is 70.8 Å². The quantitative estimate of drug-likeness (QED) is 0.521. The molecule has 0 atom stereocenters. The van der Waals surface area contributed by atoms with Crippen molar-refractivity contribution in [1.82, 2.24) is 24.1 Å². The second-order valence-electron chi connectivity index (χ2n) is 7.16. The van der Waals surface area contributed by atoms with Gasteiger partial charge >= 0.3 is 0 Å². The molecule has 1 amide bonds. The molecule has 146 valence electrons. The maximum Gasteiger partial charge on any atom is 0.276 e. The third kappa shape index (κ3) is 2.84. The number of carbonyl (C=O) groups excluding carboxylic acids is 1. The number of carbonyl (C=O) groups is 1. The normalized spacial score (nSPS) is 14.7. The van der Waals surface area contributed by atoms with E-state index in [0.29, 0.717) is 29.7 Å². The Balaban J connectivity index is 1.42. The second kappa shape index (κ2) is 6.73. The summed E-state index contributed by atoms with van der Waals surface area (Å²) in [6.07, 6.45) is 3.39. The molecule has 8 heteroatoms. The van der Waals surface area contributed by atoms with Gasteiger partial charge in [-0.25, -0.2) is 9.50 Å². The van der Waals surface area contributed by atoms with Gasteiger partial charge in [0.1, 0.15) is 11.3 Å². The molecule has 0 N–H and O–H groups in total. The van der Waals surface area contributed by atoms with E-state index in [1.807, 2.05) is 29.2 Å². The van der Waals surface area contributed by atoms with Crippen molar-refractivity contribution in [2.45, 2.75) is 0 Å². The van der Waals surface area contributed by atoms with E-state index >= 15 is 0 Å². The van der Waals surface area contributed by atoms with E-state index < -0.39 is 0 Å². The maximum atomic E-state index is 13.1. The Kier molecular flexibility index (Phi) is 4.04. The van der Waals surface area contributed by atoms with Gasteiger partial charge in [0.2, 0.25) is 0 Å². The molecular weight excluding hydrogens is 368 g/mol. The minimum Gasteiger partial charge on any atom is -0.353 e. The first kappa shape index (κ1) is 17.4. The van der Waals surface area contributed by atoms with Crippen molar-refractivity contribution in [3.63, 3.8) is 0 Å². The molecule has 8 nitrogen and oxygen atoms in total. The van der Waals surface area contributed by atoms with E-state index in [1.165, 1.54) is 0 Å². The highest BCUT2D eigenvalue weighted by atomic mass is 16.2. The molecule has 0 bridgehead atoms. The molecule has 1 aromatic carbocycles. The predicted octanol–water partition coefficient (Wildman–Crippen LogP) is 1.54. The van der Waals surface area contributed by atoms with Crippen molar-refractivity contribution in [2.75, 3.05) is 31.1 Å². The molecule has 1 saturated heterocycles. The molecular formula is C21H20N6O2. The van der Waals surface area contributed by atoms with E-state index in [-0.39, 0.29) is 11.5 Å². The number of anilines is 1. The van der Waals surface area contributed by atoms with Gasteiger partial charge < -0.3 is 14.4 Å². The summed E-state index contributed by atoms with van der Waals surface area (Å²) in [6.45, 7) is 2.74. The van der Waals surface area contributed by atoms with Crippen LogP contribution in [0.25, 0.3) is 16.6 Å². The molecule has 5 rings (SSSR count). The van der Waals surface area contributed by atoms with Gasteiger partial charge in [0.05, 0.1) is 17.2 Å². The number of piperazine rings is 1. The van der Waals surface area contributed by atoms with Crippen molar-refractivity contribution < 1.29 is 4.79 Å². The second-order valence-corrected chi connectivity index (χ2v) is 7.16. The summed E-state index contributed by atoms with van der Waals surface area (Å²) in [7, 11) is 1.72. The van der Waals surface area contributed by atoms with Gasteiger partial charge in [0, 0.05) is 45.0 Å². The summed E-state index contributed by atoms with van der Waals surface area (Å²) in [6, 6.07) is 13.0. The van der Waals surface area contributed by atoms with E-state index in [1.54, 1.807) is 46.7 Å². The van der Waals surface area contributed by atoms with Crippen LogP contribution in [0.4, 0.5) is 5.82 Å². The molecule has 1 aliphatic heterocycles. The summed E-state index contributed by atoms with van der Waals surface area (Å²) in [4.78, 5) is 34.1. The molecule has 29 heavy (non-hydrogen) atoms. The Morgan fingerprint density at radius 1 is 0.931 bits per heavy atom. The van der Waals surface area contributed by atoms with Crippen molar-refractivity contribution in [1.29, 1.82) is 0 Å². The number of pyridine rings is 1. The SMILES string of the molecule is Cn1c(=O)c2ccnn2c2ccc(C(=O)N3CCN(c4ccccn4)CC3)cc21. The summed E-state index contributed by atoms with van der Waals surface area (Å²) < 4.78 is 3.19. The van der Waals surface area contributed by atoms with Crippen LogP contribution in [0.1, 0.15) is 10.4 Å². The van der Waals surface area contributed by atoms with Crippen LogP contribution in [0.5, 0.6) is 0 Å². The monoisotopic (exact) mass is 388 g/mol. The molecule has 0 unspecified atom stereocenters. The van der Waals surface area contributed by atoms with Crippen LogP contribution in [0.2, 0.25) is 0 Å². The molecule has 4 heterocycles. The standard InChI is InChI=1S/C21H20N6O2/c1-24-18-14-15(5-6-16(18)27-17(21(24)29)7-9-23-27)20(28)26-12-10-25(11-13-26)19-4-2-3-8-22-19/h2-9,14H,10-13H2,1H3. The zero-order chi connectivity index (χ0) is 20.0. The first-order chi connectivity index (χ1) is 14.1. The molecule has 1 fully saturated rings. The summed E-state index contributed by atoms with van der Waals surface area (Å²) in [5.74, 6) is 0.907. The first-order valence-electron chi connectivity index (χ1n) is 9.55. The molecule has 1 aliphatic rings. The van der Waals surface area contributed by atoms with Gasteiger partial charge in [-0.3, -0.25) is 9.59 Å². The largest absolute Gasteiger partial charge is 0.353 e. The number of nitrogens with zero attached hydrogens (tertiary/aromatic N) is 6. The highest BCUT2D eigenvalue weighted by molar-refractivity contribution is 5.97. The highest BCUT2D eigenvalue weighted by Crippen LogP contribution is 2.19. The topological polar surface area (TPSA) is 75.7 Å². The zero-order valence-corrected chi connectivity index (χ0v) is 16.0. The number of hydrogen-bond donors (Lipinski definition) is 0. The molecule has 0 saturated carbocycles. The fourth-order valence-corrected chi connectivity index (χ4v) is 3.90. The Bertz CT molecular complexity index is 1270. The van der Waals surface area contributed by atoms with Crippen LogP contribution in [0.3, 0.4) is 0 Å². The molecule has 3 aromatic heterocycles. The Morgan fingerprint density at radius 2 is 1.76 bits per heavy atom. The summed E-state index contributed by atoms with van der Waals surface area (Å²) in [5.41, 5.74) is 2.44. The maximum absolute atomic E-state index is 13.1. The third-order valence-electron chi connectivity index (χ3n) is 5.52. The fourth-order valence-electron chi connectivity index (χ4n) is 3.90. The van der Waals surface area contributed by atoms with Gasteiger partial charge in [-0.15, -0.1) is 0 Å². The smallest absolute Gasteiger partial charge is 0.276 e. The number of aryl methyl sites for hydroxylation is 1. The fraction of sp³-hybridized carbons (Fsp3) is 0.238. The number of benzene rings is 1. The number of rotatable bonds is 2. The number of hydrogen-bond acceptors (Lipinski definition) is 5. The lowest BCUT2D eigenvalue weighted by molar-refractivity contribution is 0.0746. The van der Waals surface area contributed by atoms with E-state index in [4.69, 9.17) is 0 Å². The van der Waals surface area contributed by atoms with Crippen LogP contribution < -0.4 is 10.5 Å². The molecule has 0 radical (unpaired) electrons. The predicted molar refractivity (Wildman–Crippen MR) is 110 cm³/mol. The number of amides is 1. The van der Waals surface area contributed by atoms with E-state index in [9.17, 15) is 9.59 Å². The van der Waals surface area contributed by atoms with Crippen LogP contribution in [-0.4, -0.2) is 56.2 Å². The Hall–Kier alpha value is -3.68. The van der Waals surface area contributed by atoms with Gasteiger partial charge in [0.25, 0.3) is 11.5 Å². The van der Waals surface area contributed by atoms with Crippen LogP contribution in [-0.2, 0) is 7.05 Å². The number of aromatic nitrogens is 4. The highest BCUT2D eigenvalue weighted by Gasteiger charge is 2.23. The van der Waals surface area contributed by atoms with Gasteiger partial charge in [-0.05, 0) is 36.4 Å². The molecule has 0 spiro atoms.